The van der Waals surface area contributed by atoms with Crippen molar-refractivity contribution < 1.29 is 9.90 Å². The summed E-state index contributed by atoms with van der Waals surface area (Å²) in [6.45, 7) is 1.31. The second-order valence-electron chi connectivity index (χ2n) is 10.6. The summed E-state index contributed by atoms with van der Waals surface area (Å²) in [5.41, 5.74) is 3.97. The van der Waals surface area contributed by atoms with Gasteiger partial charge in [0.1, 0.15) is 0 Å². The van der Waals surface area contributed by atoms with Gasteiger partial charge < -0.3 is 15.0 Å². The predicted molar refractivity (Wildman–Crippen MR) is 140 cm³/mol. The molecule has 186 valence electrons. The minimum Gasteiger partial charge on any atom is -0.396 e. The van der Waals surface area contributed by atoms with Crippen molar-refractivity contribution >= 4 is 11.6 Å². The summed E-state index contributed by atoms with van der Waals surface area (Å²) in [5.74, 6) is 0.300. The summed E-state index contributed by atoms with van der Waals surface area (Å²) >= 11 is 0. The number of amides is 1. The summed E-state index contributed by atoms with van der Waals surface area (Å²) < 4.78 is 1.84. The minimum absolute atomic E-state index is 0.00101. The molecule has 6 nitrogen and oxygen atoms in total. The third-order valence-electron chi connectivity index (χ3n) is 8.54. The maximum atomic E-state index is 13.8. The first kappa shape index (κ1) is 23.2. The highest BCUT2D eigenvalue weighted by Gasteiger charge is 2.55. The molecule has 0 spiro atoms. The molecule has 36 heavy (non-hydrogen) atoms. The highest BCUT2D eigenvalue weighted by atomic mass is 16.3. The van der Waals surface area contributed by atoms with Gasteiger partial charge in [0.25, 0.3) is 5.56 Å². The van der Waals surface area contributed by atoms with Crippen LogP contribution in [0.2, 0.25) is 0 Å². The molecule has 2 N–H and O–H groups in total. The number of rotatable bonds is 6. The summed E-state index contributed by atoms with van der Waals surface area (Å²) in [6, 6.07) is 23.1. The first-order valence-electron chi connectivity index (χ1n) is 13.2. The van der Waals surface area contributed by atoms with E-state index in [0.717, 1.165) is 29.1 Å². The first-order chi connectivity index (χ1) is 17.6. The Morgan fingerprint density at radius 3 is 2.36 bits per heavy atom. The Labute approximate surface area is 211 Å². The minimum atomic E-state index is -0.427. The van der Waals surface area contributed by atoms with Crippen molar-refractivity contribution in [1.29, 1.82) is 0 Å². The van der Waals surface area contributed by atoms with Gasteiger partial charge in [-0.1, -0.05) is 61.4 Å². The molecular formula is C30H33N3O3. The zero-order valence-electron chi connectivity index (χ0n) is 20.4. The van der Waals surface area contributed by atoms with Gasteiger partial charge in [-0.15, -0.1) is 0 Å². The second kappa shape index (κ2) is 9.68. The van der Waals surface area contributed by atoms with Crippen molar-refractivity contribution in [3.05, 3.63) is 88.8 Å². The van der Waals surface area contributed by atoms with Crippen molar-refractivity contribution in [3.63, 3.8) is 0 Å². The lowest BCUT2D eigenvalue weighted by Gasteiger charge is -2.32. The van der Waals surface area contributed by atoms with Gasteiger partial charge in [0.05, 0.1) is 12.1 Å². The second-order valence-corrected chi connectivity index (χ2v) is 10.6. The first-order valence-corrected chi connectivity index (χ1v) is 13.2. The molecule has 3 aliphatic rings. The average molecular weight is 484 g/mol. The normalized spacial score (nSPS) is 25.6. The number of nitrogens with zero attached hydrogens (tertiary/aromatic N) is 2. The van der Waals surface area contributed by atoms with Gasteiger partial charge in [-0.3, -0.25) is 14.5 Å². The summed E-state index contributed by atoms with van der Waals surface area (Å²) in [6.07, 6.45) is 4.82. The van der Waals surface area contributed by atoms with Gasteiger partial charge in [0.2, 0.25) is 5.91 Å². The molecule has 4 atom stereocenters. The smallest absolute Gasteiger partial charge is 0.250 e. The number of anilines is 1. The van der Waals surface area contributed by atoms with Crippen LogP contribution in [0.5, 0.6) is 0 Å². The standard InChI is InChI=1S/C30H33N3O3/c34-19-25-24-18-32-26(11-6-12-27(32)35)28(24)33(17-20-7-4-5-8-20)29(25)30(36)31-23-15-13-22(14-16-23)21-9-2-1-3-10-21/h1-3,6,9-16,20,24-25,28-29,34H,4-5,7-8,17-19H2,(H,31,36)/t24-,25-,28+,29-/m1/s1. The Bertz CT molecular complexity index is 1280. The molecule has 1 aliphatic carbocycles. The largest absolute Gasteiger partial charge is 0.396 e. The van der Waals surface area contributed by atoms with Crippen molar-refractivity contribution in [2.24, 2.45) is 17.8 Å². The highest BCUT2D eigenvalue weighted by Crippen LogP contribution is 2.50. The number of benzene rings is 2. The maximum Gasteiger partial charge on any atom is 0.250 e. The predicted octanol–water partition coefficient (Wildman–Crippen LogP) is 4.31. The van der Waals surface area contributed by atoms with E-state index in [1.165, 1.54) is 25.7 Å². The summed E-state index contributed by atoms with van der Waals surface area (Å²) in [5, 5.41) is 13.6. The Hall–Kier alpha value is -3.22. The molecule has 1 amide bonds. The molecule has 2 fully saturated rings. The molecule has 0 unspecified atom stereocenters. The Morgan fingerprint density at radius 1 is 0.917 bits per heavy atom. The van der Waals surface area contributed by atoms with Gasteiger partial charge in [0.15, 0.2) is 0 Å². The molecule has 3 heterocycles. The molecule has 3 aromatic rings. The molecule has 2 aromatic carbocycles. The Kier molecular flexibility index (Phi) is 6.23. The quantitative estimate of drug-likeness (QED) is 0.548. The fourth-order valence-corrected chi connectivity index (χ4v) is 6.85. The number of aliphatic hydroxyl groups excluding tert-OH is 1. The Morgan fingerprint density at radius 2 is 1.64 bits per heavy atom. The number of fused-ring (bicyclic) bond motifs is 3. The third-order valence-corrected chi connectivity index (χ3v) is 8.54. The molecule has 0 bridgehead atoms. The third kappa shape index (κ3) is 4.08. The van der Waals surface area contributed by atoms with Crippen LogP contribution in [-0.4, -0.2) is 39.7 Å². The van der Waals surface area contributed by atoms with Crippen LogP contribution < -0.4 is 10.9 Å². The monoisotopic (exact) mass is 483 g/mol. The maximum absolute atomic E-state index is 13.8. The topological polar surface area (TPSA) is 74.6 Å². The summed E-state index contributed by atoms with van der Waals surface area (Å²) in [4.78, 5) is 28.7. The molecular weight excluding hydrogens is 450 g/mol. The van der Waals surface area contributed by atoms with Gasteiger partial charge in [0, 0.05) is 49.0 Å². The number of hydrogen-bond donors (Lipinski definition) is 2. The van der Waals surface area contributed by atoms with Crippen LogP contribution in [0.3, 0.4) is 0 Å². The SMILES string of the molecule is O=C(Nc1ccc(-c2ccccc2)cc1)[C@H]1[C@H](CO)[C@H]2Cn3c(cccc3=O)[C@H]2N1CC1CCCC1. The van der Waals surface area contributed by atoms with Crippen LogP contribution in [0.25, 0.3) is 11.1 Å². The molecule has 2 aliphatic heterocycles. The lowest BCUT2D eigenvalue weighted by Crippen LogP contribution is -2.47. The lowest BCUT2D eigenvalue weighted by molar-refractivity contribution is -0.122. The zero-order chi connectivity index (χ0) is 24.6. The highest BCUT2D eigenvalue weighted by molar-refractivity contribution is 5.95. The van der Waals surface area contributed by atoms with Crippen LogP contribution in [0.15, 0.2) is 77.6 Å². The van der Waals surface area contributed by atoms with Gasteiger partial charge in [-0.05, 0) is 48.1 Å². The van der Waals surface area contributed by atoms with E-state index in [9.17, 15) is 14.7 Å². The van der Waals surface area contributed by atoms with E-state index in [4.69, 9.17) is 0 Å². The average Bonchev–Trinajstić information content (AvgIpc) is 3.62. The van der Waals surface area contributed by atoms with E-state index in [1.807, 2.05) is 59.2 Å². The van der Waals surface area contributed by atoms with E-state index in [-0.39, 0.29) is 36.0 Å². The Balaban J connectivity index is 1.29. The fraction of sp³-hybridized carbons (Fsp3) is 0.400. The van der Waals surface area contributed by atoms with Gasteiger partial charge in [-0.25, -0.2) is 0 Å². The van der Waals surface area contributed by atoms with Crippen molar-refractivity contribution in [2.45, 2.75) is 44.3 Å². The van der Waals surface area contributed by atoms with Crippen LogP contribution >= 0.6 is 0 Å². The van der Waals surface area contributed by atoms with E-state index in [1.54, 1.807) is 6.07 Å². The number of likely N-dealkylation sites (tertiary alicyclic amines) is 1. The van der Waals surface area contributed by atoms with E-state index in [2.05, 4.69) is 22.3 Å². The van der Waals surface area contributed by atoms with Crippen molar-refractivity contribution in [3.8, 4) is 11.1 Å². The fourth-order valence-electron chi connectivity index (χ4n) is 6.85. The van der Waals surface area contributed by atoms with Crippen LogP contribution in [0, 0.1) is 17.8 Å². The van der Waals surface area contributed by atoms with Crippen LogP contribution in [0.4, 0.5) is 5.69 Å². The summed E-state index contributed by atoms with van der Waals surface area (Å²) in [7, 11) is 0. The van der Waals surface area contributed by atoms with E-state index in [0.29, 0.717) is 12.5 Å². The van der Waals surface area contributed by atoms with E-state index >= 15 is 0 Å². The van der Waals surface area contributed by atoms with Crippen LogP contribution in [0.1, 0.15) is 37.4 Å². The molecule has 0 radical (unpaired) electrons. The van der Waals surface area contributed by atoms with Crippen LogP contribution in [-0.2, 0) is 11.3 Å². The van der Waals surface area contributed by atoms with Crippen molar-refractivity contribution in [1.82, 2.24) is 9.47 Å². The molecule has 1 saturated carbocycles. The lowest BCUT2D eigenvalue weighted by atomic mass is 9.88. The van der Waals surface area contributed by atoms with E-state index < -0.39 is 6.04 Å². The molecule has 6 heteroatoms. The number of aliphatic hydroxyl groups is 1. The number of carbonyl (C=O) groups excluding carboxylic acids is 1. The zero-order valence-corrected chi connectivity index (χ0v) is 20.4. The number of hydrogen-bond acceptors (Lipinski definition) is 4. The number of aromatic nitrogens is 1. The molecule has 6 rings (SSSR count). The molecule has 1 aromatic heterocycles. The number of nitrogens with one attached hydrogen (secondary N) is 1. The number of pyridine rings is 1. The number of carbonyl (C=O) groups is 1. The van der Waals surface area contributed by atoms with Gasteiger partial charge in [-0.2, -0.15) is 0 Å². The van der Waals surface area contributed by atoms with Gasteiger partial charge >= 0.3 is 0 Å². The van der Waals surface area contributed by atoms with Crippen molar-refractivity contribution in [2.75, 3.05) is 18.5 Å². The molecule has 1 saturated heterocycles.